The van der Waals surface area contributed by atoms with Crippen LogP contribution in [0.5, 0.6) is 0 Å². The van der Waals surface area contributed by atoms with E-state index in [1.807, 2.05) is 12.1 Å². The SMILES string of the molecule is CCn1c(C)c(/C=N/Nc2nc(C)cc(=O)[nH]2)c2ccccc21. The molecule has 6 heteroatoms. The second kappa shape index (κ2) is 6.08. The molecule has 23 heavy (non-hydrogen) atoms. The van der Waals surface area contributed by atoms with Gasteiger partial charge in [0.15, 0.2) is 0 Å². The van der Waals surface area contributed by atoms with E-state index in [2.05, 4.69) is 51.0 Å². The van der Waals surface area contributed by atoms with Crippen LogP contribution in [-0.4, -0.2) is 20.7 Å². The van der Waals surface area contributed by atoms with Gasteiger partial charge in [0, 0.05) is 40.5 Å². The van der Waals surface area contributed by atoms with Crippen LogP contribution in [0, 0.1) is 13.8 Å². The molecule has 0 saturated heterocycles. The molecule has 2 heterocycles. The Morgan fingerprint density at radius 3 is 2.87 bits per heavy atom. The number of H-pyrrole nitrogens is 1. The second-order valence-electron chi connectivity index (χ2n) is 5.37. The molecular formula is C17H19N5O. The summed E-state index contributed by atoms with van der Waals surface area (Å²) >= 11 is 0. The number of aryl methyl sites for hydroxylation is 2. The average molecular weight is 309 g/mol. The molecule has 0 radical (unpaired) electrons. The summed E-state index contributed by atoms with van der Waals surface area (Å²) in [4.78, 5) is 18.2. The van der Waals surface area contributed by atoms with E-state index in [0.29, 0.717) is 11.6 Å². The molecule has 2 N–H and O–H groups in total. The zero-order valence-corrected chi connectivity index (χ0v) is 13.4. The van der Waals surface area contributed by atoms with Gasteiger partial charge in [-0.3, -0.25) is 9.78 Å². The number of nitrogens with zero attached hydrogens (tertiary/aromatic N) is 3. The molecule has 0 aliphatic rings. The van der Waals surface area contributed by atoms with Gasteiger partial charge in [-0.25, -0.2) is 10.4 Å². The first-order valence-electron chi connectivity index (χ1n) is 7.55. The van der Waals surface area contributed by atoms with Crippen molar-refractivity contribution in [1.82, 2.24) is 14.5 Å². The number of hydrogen-bond acceptors (Lipinski definition) is 4. The number of para-hydroxylation sites is 1. The van der Waals surface area contributed by atoms with Crippen molar-refractivity contribution in [2.45, 2.75) is 27.3 Å². The first kappa shape index (κ1) is 15.0. The Hall–Kier alpha value is -2.89. The van der Waals surface area contributed by atoms with Crippen molar-refractivity contribution >= 4 is 23.1 Å². The van der Waals surface area contributed by atoms with Crippen molar-refractivity contribution in [2.75, 3.05) is 5.43 Å². The van der Waals surface area contributed by atoms with Crippen LogP contribution in [0.4, 0.5) is 5.95 Å². The van der Waals surface area contributed by atoms with Crippen LogP contribution in [0.2, 0.25) is 0 Å². The zero-order chi connectivity index (χ0) is 16.4. The van der Waals surface area contributed by atoms with Crippen molar-refractivity contribution in [2.24, 2.45) is 5.10 Å². The lowest BCUT2D eigenvalue weighted by Crippen LogP contribution is -2.10. The van der Waals surface area contributed by atoms with Crippen LogP contribution in [0.1, 0.15) is 23.9 Å². The van der Waals surface area contributed by atoms with Gasteiger partial charge < -0.3 is 4.57 Å². The molecule has 0 atom stereocenters. The van der Waals surface area contributed by atoms with E-state index in [4.69, 9.17) is 0 Å². The average Bonchev–Trinajstić information content (AvgIpc) is 2.78. The van der Waals surface area contributed by atoms with Gasteiger partial charge in [-0.15, -0.1) is 0 Å². The topological polar surface area (TPSA) is 75.1 Å². The first-order valence-corrected chi connectivity index (χ1v) is 7.55. The van der Waals surface area contributed by atoms with Crippen LogP contribution < -0.4 is 11.0 Å². The Bertz CT molecular complexity index is 936. The predicted molar refractivity (Wildman–Crippen MR) is 93.2 cm³/mol. The number of hydrogen-bond donors (Lipinski definition) is 2. The fourth-order valence-corrected chi connectivity index (χ4v) is 2.82. The monoisotopic (exact) mass is 309 g/mol. The Morgan fingerprint density at radius 1 is 1.35 bits per heavy atom. The molecule has 0 fully saturated rings. The van der Waals surface area contributed by atoms with Crippen LogP contribution in [-0.2, 0) is 6.54 Å². The third kappa shape index (κ3) is 2.88. The Kier molecular flexibility index (Phi) is 3.97. The maximum Gasteiger partial charge on any atom is 0.252 e. The molecule has 6 nitrogen and oxygen atoms in total. The van der Waals surface area contributed by atoms with Crippen molar-refractivity contribution in [3.05, 3.63) is 57.6 Å². The predicted octanol–water partition coefficient (Wildman–Crippen LogP) is 2.81. The van der Waals surface area contributed by atoms with E-state index in [-0.39, 0.29) is 5.56 Å². The maximum atomic E-state index is 11.4. The highest BCUT2D eigenvalue weighted by Gasteiger charge is 2.10. The molecule has 0 unspecified atom stereocenters. The van der Waals surface area contributed by atoms with Crippen molar-refractivity contribution in [3.8, 4) is 0 Å². The molecule has 0 spiro atoms. The minimum absolute atomic E-state index is 0.200. The third-order valence-corrected chi connectivity index (χ3v) is 3.83. The lowest BCUT2D eigenvalue weighted by atomic mass is 10.1. The van der Waals surface area contributed by atoms with E-state index in [1.54, 1.807) is 13.1 Å². The van der Waals surface area contributed by atoms with E-state index < -0.39 is 0 Å². The second-order valence-corrected chi connectivity index (χ2v) is 5.37. The van der Waals surface area contributed by atoms with Gasteiger partial charge in [0.2, 0.25) is 5.95 Å². The van der Waals surface area contributed by atoms with E-state index in [1.165, 1.54) is 11.6 Å². The molecule has 3 rings (SSSR count). The summed E-state index contributed by atoms with van der Waals surface area (Å²) < 4.78 is 2.25. The van der Waals surface area contributed by atoms with E-state index >= 15 is 0 Å². The van der Waals surface area contributed by atoms with Crippen LogP contribution in [0.25, 0.3) is 10.9 Å². The van der Waals surface area contributed by atoms with Crippen LogP contribution in [0.3, 0.4) is 0 Å². The highest BCUT2D eigenvalue weighted by molar-refractivity contribution is 6.01. The number of hydrazone groups is 1. The Labute approximate surface area is 133 Å². The molecule has 0 aliphatic heterocycles. The van der Waals surface area contributed by atoms with Crippen molar-refractivity contribution in [1.29, 1.82) is 0 Å². The fourth-order valence-electron chi connectivity index (χ4n) is 2.82. The number of benzene rings is 1. The summed E-state index contributed by atoms with van der Waals surface area (Å²) in [6, 6.07) is 9.69. The third-order valence-electron chi connectivity index (χ3n) is 3.83. The molecular weight excluding hydrogens is 290 g/mol. The summed E-state index contributed by atoms with van der Waals surface area (Å²) in [5.41, 5.74) is 6.64. The standard InChI is InChI=1S/C17H19N5O/c1-4-22-12(3)14(13-7-5-6-8-15(13)22)10-18-21-17-19-11(2)9-16(23)20-17/h5-10H,4H2,1-3H3,(H2,19,20,21,23)/b18-10+. The molecule has 0 bridgehead atoms. The molecule has 118 valence electrons. The molecule has 2 aromatic heterocycles. The van der Waals surface area contributed by atoms with Crippen LogP contribution in [0.15, 0.2) is 40.2 Å². The molecule has 0 saturated carbocycles. The lowest BCUT2D eigenvalue weighted by Gasteiger charge is -2.03. The number of fused-ring (bicyclic) bond motifs is 1. The smallest absolute Gasteiger partial charge is 0.252 e. The summed E-state index contributed by atoms with van der Waals surface area (Å²) in [7, 11) is 0. The van der Waals surface area contributed by atoms with Gasteiger partial charge in [0.25, 0.3) is 5.56 Å². The quantitative estimate of drug-likeness (QED) is 0.575. The molecule has 0 aliphatic carbocycles. The summed E-state index contributed by atoms with van der Waals surface area (Å²) in [6.45, 7) is 6.88. The Morgan fingerprint density at radius 2 is 2.13 bits per heavy atom. The van der Waals surface area contributed by atoms with E-state index in [9.17, 15) is 4.79 Å². The molecule has 0 amide bonds. The van der Waals surface area contributed by atoms with Gasteiger partial charge >= 0.3 is 0 Å². The minimum atomic E-state index is -0.200. The molecule has 3 aromatic rings. The van der Waals surface area contributed by atoms with Gasteiger partial charge in [0.1, 0.15) is 0 Å². The largest absolute Gasteiger partial charge is 0.344 e. The fraction of sp³-hybridized carbons (Fsp3) is 0.235. The van der Waals surface area contributed by atoms with Gasteiger partial charge in [-0.2, -0.15) is 5.10 Å². The number of rotatable bonds is 4. The number of aromatic amines is 1. The van der Waals surface area contributed by atoms with Gasteiger partial charge in [-0.05, 0) is 26.8 Å². The van der Waals surface area contributed by atoms with Gasteiger partial charge in [-0.1, -0.05) is 18.2 Å². The minimum Gasteiger partial charge on any atom is -0.344 e. The summed E-state index contributed by atoms with van der Waals surface area (Å²) in [5, 5.41) is 5.39. The van der Waals surface area contributed by atoms with Crippen molar-refractivity contribution < 1.29 is 0 Å². The van der Waals surface area contributed by atoms with Crippen molar-refractivity contribution in [3.63, 3.8) is 0 Å². The Balaban J connectivity index is 1.95. The first-order chi connectivity index (χ1) is 11.1. The summed E-state index contributed by atoms with van der Waals surface area (Å²) in [6.07, 6.45) is 1.77. The highest BCUT2D eigenvalue weighted by atomic mass is 16.1. The van der Waals surface area contributed by atoms with Crippen LogP contribution >= 0.6 is 0 Å². The number of anilines is 1. The number of nitrogens with one attached hydrogen (secondary N) is 2. The summed E-state index contributed by atoms with van der Waals surface area (Å²) in [5.74, 6) is 0.336. The maximum absolute atomic E-state index is 11.4. The number of aromatic nitrogens is 3. The highest BCUT2D eigenvalue weighted by Crippen LogP contribution is 2.24. The lowest BCUT2D eigenvalue weighted by molar-refractivity contribution is 0.769. The zero-order valence-electron chi connectivity index (χ0n) is 13.4. The normalized spacial score (nSPS) is 11.4. The molecule has 1 aromatic carbocycles. The van der Waals surface area contributed by atoms with Gasteiger partial charge in [0.05, 0.1) is 6.21 Å². The van der Waals surface area contributed by atoms with E-state index in [0.717, 1.165) is 23.2 Å².